The van der Waals surface area contributed by atoms with E-state index in [1.54, 1.807) is 12.3 Å². The van der Waals surface area contributed by atoms with E-state index >= 15 is 0 Å². The number of nitrogen functional groups attached to an aromatic ring is 1. The number of nitrogens with two attached hydrogens (primary N) is 1. The maximum absolute atomic E-state index is 5.95. The fourth-order valence-corrected chi connectivity index (χ4v) is 5.50. The minimum absolute atomic E-state index is 0.330. The Balaban J connectivity index is 1.23. The van der Waals surface area contributed by atoms with Gasteiger partial charge in [-0.3, -0.25) is 4.90 Å². The summed E-state index contributed by atoms with van der Waals surface area (Å²) in [5.41, 5.74) is 8.35. The summed E-state index contributed by atoms with van der Waals surface area (Å²) in [4.78, 5) is 14.4. The smallest absolute Gasteiger partial charge is 0.134 e. The highest BCUT2D eigenvalue weighted by atomic mass is 16.5. The number of pyridine rings is 2. The highest BCUT2D eigenvalue weighted by molar-refractivity contribution is 5.61. The van der Waals surface area contributed by atoms with E-state index in [2.05, 4.69) is 32.2 Å². The molecule has 0 atom stereocenters. The van der Waals surface area contributed by atoms with Crippen LogP contribution in [0.5, 0.6) is 0 Å². The van der Waals surface area contributed by atoms with Crippen LogP contribution in [0.1, 0.15) is 30.7 Å². The van der Waals surface area contributed by atoms with Crippen LogP contribution in [-0.4, -0.2) is 73.5 Å². The van der Waals surface area contributed by atoms with E-state index < -0.39 is 0 Å². The zero-order chi connectivity index (χ0) is 21.5. The van der Waals surface area contributed by atoms with Gasteiger partial charge < -0.3 is 25.4 Å². The molecule has 6 heterocycles. The second kappa shape index (κ2) is 8.17. The summed E-state index contributed by atoms with van der Waals surface area (Å²) < 4.78 is 11.1. The molecule has 0 aliphatic carbocycles. The molecule has 4 aliphatic rings. The van der Waals surface area contributed by atoms with Crippen LogP contribution in [0.3, 0.4) is 0 Å². The minimum Gasteiger partial charge on any atom is -0.399 e. The molecule has 0 bridgehead atoms. The van der Waals surface area contributed by atoms with Crippen LogP contribution in [0.25, 0.3) is 0 Å². The molecule has 8 heteroatoms. The van der Waals surface area contributed by atoms with Crippen LogP contribution in [0.4, 0.5) is 23.1 Å². The first-order chi connectivity index (χ1) is 15.7. The topological polar surface area (TPSA) is 88.8 Å². The molecule has 8 nitrogen and oxygen atoms in total. The molecule has 2 aromatic rings. The first kappa shape index (κ1) is 20.2. The fourth-order valence-electron chi connectivity index (χ4n) is 5.50. The first-order valence-electron chi connectivity index (χ1n) is 11.8. The molecular formula is C24H32N6O2. The average molecular weight is 437 g/mol. The normalized spacial score (nSPS) is 23.8. The van der Waals surface area contributed by atoms with Crippen molar-refractivity contribution in [1.29, 1.82) is 0 Å². The second-order valence-electron chi connectivity index (χ2n) is 9.90. The maximum Gasteiger partial charge on any atom is 0.134 e. The van der Waals surface area contributed by atoms with Crippen LogP contribution >= 0.6 is 0 Å². The Morgan fingerprint density at radius 3 is 2.59 bits per heavy atom. The summed E-state index contributed by atoms with van der Waals surface area (Å²) in [5, 5.41) is 3.39. The zero-order valence-electron chi connectivity index (χ0n) is 18.5. The van der Waals surface area contributed by atoms with E-state index in [9.17, 15) is 0 Å². The van der Waals surface area contributed by atoms with Gasteiger partial charge >= 0.3 is 0 Å². The average Bonchev–Trinajstić information content (AvgIpc) is 3.22. The lowest BCUT2D eigenvalue weighted by Crippen LogP contribution is -2.57. The van der Waals surface area contributed by atoms with Crippen molar-refractivity contribution < 1.29 is 9.47 Å². The van der Waals surface area contributed by atoms with Gasteiger partial charge in [0.1, 0.15) is 17.5 Å². The van der Waals surface area contributed by atoms with Crippen LogP contribution < -0.4 is 16.0 Å². The summed E-state index contributed by atoms with van der Waals surface area (Å²) in [6, 6.07) is 8.79. The molecule has 0 unspecified atom stereocenters. The molecule has 0 aromatic carbocycles. The number of anilines is 4. The number of piperidine rings is 1. The third kappa shape index (κ3) is 3.91. The second-order valence-corrected chi connectivity index (χ2v) is 9.90. The number of hydrogen-bond donors (Lipinski definition) is 2. The van der Waals surface area contributed by atoms with Gasteiger partial charge in [0.05, 0.1) is 25.9 Å². The van der Waals surface area contributed by atoms with Gasteiger partial charge in [0.2, 0.25) is 0 Å². The summed E-state index contributed by atoms with van der Waals surface area (Å²) in [6.45, 7) is 7.89. The molecule has 1 spiro atoms. The largest absolute Gasteiger partial charge is 0.399 e. The van der Waals surface area contributed by atoms with Crippen LogP contribution in [0.2, 0.25) is 0 Å². The molecular weight excluding hydrogens is 404 g/mol. The van der Waals surface area contributed by atoms with Crippen molar-refractivity contribution in [3.63, 3.8) is 0 Å². The third-order valence-corrected chi connectivity index (χ3v) is 7.57. The number of rotatable bonds is 5. The quantitative estimate of drug-likeness (QED) is 0.740. The van der Waals surface area contributed by atoms with Crippen molar-refractivity contribution >= 4 is 23.1 Å². The highest BCUT2D eigenvalue weighted by Crippen LogP contribution is 2.42. The predicted molar refractivity (Wildman–Crippen MR) is 124 cm³/mol. The summed E-state index contributed by atoms with van der Waals surface area (Å²) in [7, 11) is 0. The van der Waals surface area contributed by atoms with Crippen molar-refractivity contribution in [1.82, 2.24) is 14.9 Å². The number of likely N-dealkylation sites (tertiary alicyclic amines) is 1. The van der Waals surface area contributed by atoms with E-state index in [1.165, 1.54) is 18.4 Å². The van der Waals surface area contributed by atoms with E-state index in [1.807, 2.05) is 6.07 Å². The van der Waals surface area contributed by atoms with Crippen LogP contribution in [0.15, 0.2) is 30.5 Å². The van der Waals surface area contributed by atoms with Crippen molar-refractivity contribution in [2.45, 2.75) is 31.2 Å². The summed E-state index contributed by atoms with van der Waals surface area (Å²) in [5.74, 6) is 3.17. The molecule has 32 heavy (non-hydrogen) atoms. The van der Waals surface area contributed by atoms with Crippen molar-refractivity contribution in [2.24, 2.45) is 5.41 Å². The third-order valence-electron chi connectivity index (χ3n) is 7.57. The van der Waals surface area contributed by atoms with Gasteiger partial charge in [0.15, 0.2) is 0 Å². The molecule has 3 N–H and O–H groups in total. The Hall–Kier alpha value is -2.42. The molecule has 6 rings (SSSR count). The zero-order valence-corrected chi connectivity index (χ0v) is 18.5. The Morgan fingerprint density at radius 2 is 1.91 bits per heavy atom. The molecule has 2 aromatic heterocycles. The number of hydrogen-bond acceptors (Lipinski definition) is 8. The Kier molecular flexibility index (Phi) is 5.16. The minimum atomic E-state index is 0.330. The predicted octanol–water partition coefficient (Wildman–Crippen LogP) is 2.61. The molecule has 0 amide bonds. The molecule has 4 fully saturated rings. The highest BCUT2D eigenvalue weighted by Gasteiger charge is 2.46. The Labute approximate surface area is 189 Å². The molecule has 4 aliphatic heterocycles. The van der Waals surface area contributed by atoms with Crippen molar-refractivity contribution in [3.8, 4) is 0 Å². The Bertz CT molecular complexity index is 959. The van der Waals surface area contributed by atoms with E-state index in [0.29, 0.717) is 23.1 Å². The van der Waals surface area contributed by atoms with Gasteiger partial charge in [-0.1, -0.05) is 0 Å². The summed E-state index contributed by atoms with van der Waals surface area (Å²) in [6.07, 6.45) is 5.23. The van der Waals surface area contributed by atoms with Gasteiger partial charge in [0.25, 0.3) is 0 Å². The molecule has 170 valence electrons. The molecule has 4 saturated heterocycles. The van der Waals surface area contributed by atoms with Gasteiger partial charge in [-0.2, -0.15) is 0 Å². The first-order valence-corrected chi connectivity index (χ1v) is 11.8. The lowest BCUT2D eigenvalue weighted by molar-refractivity contribution is -0.0712. The van der Waals surface area contributed by atoms with E-state index in [0.717, 1.165) is 76.5 Å². The number of nitrogens with zero attached hydrogens (tertiary/aromatic N) is 4. The number of nitrogens with one attached hydrogen (secondary N) is 1. The monoisotopic (exact) mass is 436 g/mol. The SMILES string of the molecule is Nc1ccnc(Nc2cc(C3CCN(C4COC4)CC3)cc(N3CC4(CCOC4)C3)n2)c1. The van der Waals surface area contributed by atoms with Crippen molar-refractivity contribution in [2.75, 3.05) is 68.6 Å². The van der Waals surface area contributed by atoms with E-state index in [-0.39, 0.29) is 0 Å². The number of ether oxygens (including phenoxy) is 2. The standard InChI is InChI=1S/C24H32N6O2/c25-19-1-5-26-21(11-19)27-22-9-18(17-2-6-29(7-3-17)20-12-32-13-20)10-23(28-22)30-14-24(15-30)4-8-31-16-24/h1,5,9-11,17,20H,2-4,6-8,12-16H2,(H3,25,26,27,28). The van der Waals surface area contributed by atoms with Gasteiger partial charge in [0, 0.05) is 43.1 Å². The fraction of sp³-hybridized carbons (Fsp3) is 0.583. The van der Waals surface area contributed by atoms with Gasteiger partial charge in [-0.25, -0.2) is 9.97 Å². The lowest BCUT2D eigenvalue weighted by atomic mass is 9.79. The molecule has 0 saturated carbocycles. The summed E-state index contributed by atoms with van der Waals surface area (Å²) >= 11 is 0. The van der Waals surface area contributed by atoms with Gasteiger partial charge in [-0.05, 0) is 62.0 Å². The van der Waals surface area contributed by atoms with Crippen LogP contribution in [0, 0.1) is 5.41 Å². The maximum atomic E-state index is 5.95. The Morgan fingerprint density at radius 1 is 1.06 bits per heavy atom. The van der Waals surface area contributed by atoms with E-state index in [4.69, 9.17) is 20.2 Å². The van der Waals surface area contributed by atoms with Crippen LogP contribution in [-0.2, 0) is 9.47 Å². The van der Waals surface area contributed by atoms with Gasteiger partial charge in [-0.15, -0.1) is 0 Å². The number of aromatic nitrogens is 2. The lowest BCUT2D eigenvalue weighted by Gasteiger charge is -2.48. The van der Waals surface area contributed by atoms with Crippen molar-refractivity contribution in [3.05, 3.63) is 36.0 Å². The molecule has 0 radical (unpaired) electrons.